The van der Waals surface area contributed by atoms with Gasteiger partial charge in [-0.1, -0.05) is 26.2 Å². The summed E-state index contributed by atoms with van der Waals surface area (Å²) in [6.45, 7) is 9.69. The number of likely N-dealkylation sites (tertiary alicyclic amines) is 1. The fourth-order valence-corrected chi connectivity index (χ4v) is 2.73. The van der Waals surface area contributed by atoms with Crippen LogP contribution in [0.5, 0.6) is 0 Å². The SMILES string of the molecule is CCCCCC(C)NC(=NCC1CCCN1C)NCC.I. The number of likely N-dealkylation sites (N-methyl/N-ethyl adjacent to an activating group) is 1. The maximum absolute atomic E-state index is 4.77. The minimum absolute atomic E-state index is 0. The van der Waals surface area contributed by atoms with Crippen LogP contribution >= 0.6 is 24.0 Å². The molecule has 1 heterocycles. The predicted molar refractivity (Wildman–Crippen MR) is 104 cm³/mol. The van der Waals surface area contributed by atoms with Gasteiger partial charge in [0.25, 0.3) is 0 Å². The third kappa shape index (κ3) is 8.86. The number of nitrogens with zero attached hydrogens (tertiary/aromatic N) is 2. The van der Waals surface area contributed by atoms with E-state index in [1.54, 1.807) is 0 Å². The molecule has 2 unspecified atom stereocenters. The van der Waals surface area contributed by atoms with Crippen LogP contribution in [0.2, 0.25) is 0 Å². The number of halogens is 1. The first-order chi connectivity index (χ1) is 9.67. The lowest BCUT2D eigenvalue weighted by Gasteiger charge is -2.20. The molecule has 0 aromatic rings. The molecular weight excluding hydrogens is 375 g/mol. The van der Waals surface area contributed by atoms with E-state index < -0.39 is 0 Å². The van der Waals surface area contributed by atoms with Gasteiger partial charge in [0.05, 0.1) is 6.54 Å². The fraction of sp³-hybridized carbons (Fsp3) is 0.938. The first-order valence-electron chi connectivity index (χ1n) is 8.42. The summed E-state index contributed by atoms with van der Waals surface area (Å²) in [6.07, 6.45) is 7.73. The van der Waals surface area contributed by atoms with Crippen molar-refractivity contribution in [1.29, 1.82) is 0 Å². The smallest absolute Gasteiger partial charge is 0.191 e. The van der Waals surface area contributed by atoms with E-state index in [-0.39, 0.29) is 24.0 Å². The number of hydrogen-bond acceptors (Lipinski definition) is 2. The van der Waals surface area contributed by atoms with Crippen molar-refractivity contribution in [3.63, 3.8) is 0 Å². The molecule has 21 heavy (non-hydrogen) atoms. The molecule has 0 aromatic heterocycles. The summed E-state index contributed by atoms with van der Waals surface area (Å²) in [5, 5.41) is 6.90. The maximum atomic E-state index is 4.77. The summed E-state index contributed by atoms with van der Waals surface area (Å²) in [5.41, 5.74) is 0. The zero-order chi connectivity index (χ0) is 14.8. The van der Waals surface area contributed by atoms with E-state index in [1.165, 1.54) is 45.1 Å². The molecule has 0 radical (unpaired) electrons. The van der Waals surface area contributed by atoms with Crippen molar-refractivity contribution in [2.75, 3.05) is 26.7 Å². The van der Waals surface area contributed by atoms with Crippen LogP contribution in [-0.2, 0) is 0 Å². The molecular formula is C16H35IN4. The number of unbranched alkanes of at least 4 members (excludes halogenated alkanes) is 2. The molecule has 1 fully saturated rings. The van der Waals surface area contributed by atoms with Gasteiger partial charge in [-0.05, 0) is 46.7 Å². The molecule has 5 heteroatoms. The van der Waals surface area contributed by atoms with Crippen molar-refractivity contribution < 1.29 is 0 Å². The molecule has 0 aliphatic carbocycles. The van der Waals surface area contributed by atoms with Crippen LogP contribution in [0, 0.1) is 0 Å². The predicted octanol–water partition coefficient (Wildman–Crippen LogP) is 3.22. The molecule has 0 aromatic carbocycles. The number of hydrogen-bond donors (Lipinski definition) is 2. The van der Waals surface area contributed by atoms with Crippen molar-refractivity contribution in [3.05, 3.63) is 0 Å². The molecule has 0 amide bonds. The lowest BCUT2D eigenvalue weighted by Crippen LogP contribution is -2.43. The van der Waals surface area contributed by atoms with Crippen LogP contribution in [-0.4, -0.2) is 49.6 Å². The molecule has 1 saturated heterocycles. The van der Waals surface area contributed by atoms with E-state index in [4.69, 9.17) is 4.99 Å². The summed E-state index contributed by atoms with van der Waals surface area (Å²) < 4.78 is 0. The summed E-state index contributed by atoms with van der Waals surface area (Å²) in [5.74, 6) is 0.983. The van der Waals surface area contributed by atoms with Crippen LogP contribution < -0.4 is 10.6 Å². The third-order valence-electron chi connectivity index (χ3n) is 4.10. The van der Waals surface area contributed by atoms with Gasteiger partial charge in [0, 0.05) is 18.6 Å². The Bertz CT molecular complexity index is 283. The van der Waals surface area contributed by atoms with E-state index >= 15 is 0 Å². The Morgan fingerprint density at radius 3 is 2.67 bits per heavy atom. The maximum Gasteiger partial charge on any atom is 0.191 e. The van der Waals surface area contributed by atoms with Gasteiger partial charge in [0.2, 0.25) is 0 Å². The van der Waals surface area contributed by atoms with E-state index in [9.17, 15) is 0 Å². The van der Waals surface area contributed by atoms with Crippen LogP contribution in [0.15, 0.2) is 4.99 Å². The van der Waals surface area contributed by atoms with Gasteiger partial charge in [0.15, 0.2) is 5.96 Å². The zero-order valence-electron chi connectivity index (χ0n) is 14.3. The summed E-state index contributed by atoms with van der Waals surface area (Å²) in [6, 6.07) is 1.13. The largest absolute Gasteiger partial charge is 0.357 e. The lowest BCUT2D eigenvalue weighted by atomic mass is 10.1. The molecule has 2 atom stereocenters. The average molecular weight is 410 g/mol. The molecule has 1 aliphatic heterocycles. The monoisotopic (exact) mass is 410 g/mol. The van der Waals surface area contributed by atoms with Crippen LogP contribution in [0.25, 0.3) is 0 Å². The summed E-state index contributed by atoms with van der Waals surface area (Å²) in [4.78, 5) is 7.20. The Morgan fingerprint density at radius 2 is 2.10 bits per heavy atom. The van der Waals surface area contributed by atoms with Gasteiger partial charge in [-0.3, -0.25) is 4.99 Å². The highest BCUT2D eigenvalue weighted by atomic mass is 127. The Morgan fingerprint density at radius 1 is 1.33 bits per heavy atom. The van der Waals surface area contributed by atoms with Crippen molar-refractivity contribution in [3.8, 4) is 0 Å². The fourth-order valence-electron chi connectivity index (χ4n) is 2.73. The van der Waals surface area contributed by atoms with Crippen LogP contribution in [0.3, 0.4) is 0 Å². The zero-order valence-corrected chi connectivity index (χ0v) is 16.7. The van der Waals surface area contributed by atoms with Crippen LogP contribution in [0.4, 0.5) is 0 Å². The van der Waals surface area contributed by atoms with Gasteiger partial charge in [0.1, 0.15) is 0 Å². The number of rotatable bonds is 8. The minimum atomic E-state index is 0. The quantitative estimate of drug-likeness (QED) is 0.279. The second-order valence-corrected chi connectivity index (χ2v) is 6.04. The second kappa shape index (κ2) is 12.5. The number of aliphatic imine (C=N–C) groups is 1. The lowest BCUT2D eigenvalue weighted by molar-refractivity contribution is 0.317. The van der Waals surface area contributed by atoms with Crippen molar-refractivity contribution in [2.24, 2.45) is 4.99 Å². The third-order valence-corrected chi connectivity index (χ3v) is 4.10. The first-order valence-corrected chi connectivity index (χ1v) is 8.42. The van der Waals surface area contributed by atoms with Gasteiger partial charge < -0.3 is 15.5 Å². The Labute approximate surface area is 148 Å². The van der Waals surface area contributed by atoms with Gasteiger partial charge >= 0.3 is 0 Å². The molecule has 0 spiro atoms. The van der Waals surface area contributed by atoms with Crippen molar-refractivity contribution in [2.45, 2.75) is 71.4 Å². The topological polar surface area (TPSA) is 39.7 Å². The van der Waals surface area contributed by atoms with Crippen molar-refractivity contribution >= 4 is 29.9 Å². The molecule has 0 saturated carbocycles. The average Bonchev–Trinajstić information content (AvgIpc) is 2.82. The van der Waals surface area contributed by atoms with Gasteiger partial charge in [-0.15, -0.1) is 24.0 Å². The van der Waals surface area contributed by atoms with E-state index in [0.717, 1.165) is 19.0 Å². The summed E-state index contributed by atoms with van der Waals surface area (Å²) >= 11 is 0. The highest BCUT2D eigenvalue weighted by Gasteiger charge is 2.20. The highest BCUT2D eigenvalue weighted by Crippen LogP contribution is 2.14. The molecule has 1 rings (SSSR count). The molecule has 1 aliphatic rings. The number of guanidine groups is 1. The van der Waals surface area contributed by atoms with E-state index in [0.29, 0.717) is 12.1 Å². The highest BCUT2D eigenvalue weighted by molar-refractivity contribution is 14.0. The molecule has 0 bridgehead atoms. The standard InChI is InChI=1S/C16H34N4.HI/c1-5-7-8-10-14(3)19-16(17-6-2)18-13-15-11-9-12-20(15)4;/h14-15H,5-13H2,1-4H3,(H2,17,18,19);1H. The number of nitrogens with one attached hydrogen (secondary N) is 2. The molecule has 2 N–H and O–H groups in total. The molecule has 4 nitrogen and oxygen atoms in total. The van der Waals surface area contributed by atoms with Gasteiger partial charge in [-0.2, -0.15) is 0 Å². The first kappa shape index (κ1) is 21.0. The second-order valence-electron chi connectivity index (χ2n) is 6.04. The Kier molecular flexibility index (Phi) is 12.5. The minimum Gasteiger partial charge on any atom is -0.357 e. The van der Waals surface area contributed by atoms with Crippen LogP contribution in [0.1, 0.15) is 59.3 Å². The van der Waals surface area contributed by atoms with E-state index in [1.807, 2.05) is 0 Å². The Hall–Kier alpha value is -0.0400. The van der Waals surface area contributed by atoms with Gasteiger partial charge in [-0.25, -0.2) is 0 Å². The molecule has 126 valence electrons. The normalized spacial score (nSPS) is 21.0. The van der Waals surface area contributed by atoms with E-state index in [2.05, 4.69) is 43.4 Å². The summed E-state index contributed by atoms with van der Waals surface area (Å²) in [7, 11) is 2.21. The van der Waals surface area contributed by atoms with Crippen molar-refractivity contribution in [1.82, 2.24) is 15.5 Å². The Balaban J connectivity index is 0.00000400.